The second-order valence-electron chi connectivity index (χ2n) is 4.39. The third-order valence-corrected chi connectivity index (χ3v) is 2.89. The summed E-state index contributed by atoms with van der Waals surface area (Å²) in [4.78, 5) is 10.9. The predicted octanol–water partition coefficient (Wildman–Crippen LogP) is 3.00. The topological polar surface area (TPSA) is 42.2 Å². The summed E-state index contributed by atoms with van der Waals surface area (Å²) in [6.07, 6.45) is 2.07. The molecule has 3 heteroatoms. The van der Waals surface area contributed by atoms with Crippen LogP contribution >= 0.6 is 0 Å². The van der Waals surface area contributed by atoms with Crippen LogP contribution in [0.2, 0.25) is 0 Å². The van der Waals surface area contributed by atoms with Crippen LogP contribution in [0.25, 0.3) is 10.9 Å². The number of aromatic nitrogens is 1. The number of aromatic carboxylic acids is 1. The lowest BCUT2D eigenvalue weighted by atomic mass is 10.0. The van der Waals surface area contributed by atoms with Gasteiger partial charge in [0.2, 0.25) is 0 Å². The molecule has 0 saturated carbocycles. The first-order valence-electron chi connectivity index (χ1n) is 5.33. The number of nitrogens with zero attached hydrogens (tertiary/aromatic N) is 1. The fourth-order valence-corrected chi connectivity index (χ4v) is 2.01. The van der Waals surface area contributed by atoms with Crippen molar-refractivity contribution >= 4 is 16.9 Å². The van der Waals surface area contributed by atoms with E-state index in [1.807, 2.05) is 17.7 Å². The van der Waals surface area contributed by atoms with Crippen molar-refractivity contribution < 1.29 is 9.90 Å². The molecule has 3 nitrogen and oxygen atoms in total. The molecule has 1 aromatic carbocycles. The Bertz CT molecular complexity index is 552. The minimum Gasteiger partial charge on any atom is -0.478 e. The Kier molecular flexibility index (Phi) is 2.46. The van der Waals surface area contributed by atoms with Crippen molar-refractivity contribution in [2.75, 3.05) is 0 Å². The summed E-state index contributed by atoms with van der Waals surface area (Å²) in [6.45, 7) is 4.28. The van der Waals surface area contributed by atoms with Crippen molar-refractivity contribution in [3.8, 4) is 0 Å². The normalized spacial score (nSPS) is 11.2. The first-order valence-corrected chi connectivity index (χ1v) is 5.33. The molecule has 0 spiro atoms. The number of fused-ring (bicyclic) bond motifs is 1. The quantitative estimate of drug-likeness (QED) is 0.840. The van der Waals surface area contributed by atoms with Crippen LogP contribution in [0, 0.1) is 0 Å². The maximum atomic E-state index is 10.9. The molecule has 1 heterocycles. The van der Waals surface area contributed by atoms with Gasteiger partial charge in [-0.2, -0.15) is 0 Å². The second-order valence-corrected chi connectivity index (χ2v) is 4.39. The van der Waals surface area contributed by atoms with Crippen molar-refractivity contribution in [3.05, 3.63) is 35.5 Å². The molecular weight excluding hydrogens is 202 g/mol. The zero-order valence-corrected chi connectivity index (χ0v) is 9.69. The number of carboxylic acids is 1. The van der Waals surface area contributed by atoms with Gasteiger partial charge in [-0.25, -0.2) is 4.79 Å². The van der Waals surface area contributed by atoms with E-state index in [4.69, 9.17) is 5.11 Å². The van der Waals surface area contributed by atoms with Gasteiger partial charge in [-0.3, -0.25) is 0 Å². The molecule has 0 bridgehead atoms. The van der Waals surface area contributed by atoms with Crippen LogP contribution in [0.4, 0.5) is 0 Å². The van der Waals surface area contributed by atoms with Gasteiger partial charge in [0.05, 0.1) is 5.56 Å². The molecule has 0 amide bonds. The summed E-state index contributed by atoms with van der Waals surface area (Å²) in [5.74, 6) is -0.437. The van der Waals surface area contributed by atoms with Gasteiger partial charge >= 0.3 is 5.97 Å². The molecule has 0 aliphatic heterocycles. The average molecular weight is 217 g/mol. The highest BCUT2D eigenvalue weighted by atomic mass is 16.4. The highest BCUT2D eigenvalue weighted by Crippen LogP contribution is 2.27. The maximum absolute atomic E-state index is 10.9. The standard InChI is InChI=1S/C13H15NO2/c1-8(2)11-7-14(3)12-6-9(13(15)16)4-5-10(11)12/h4-8H,1-3H3,(H,15,16). The lowest BCUT2D eigenvalue weighted by molar-refractivity contribution is 0.0697. The van der Waals surface area contributed by atoms with Crippen LogP contribution < -0.4 is 0 Å². The smallest absolute Gasteiger partial charge is 0.335 e. The van der Waals surface area contributed by atoms with E-state index >= 15 is 0 Å². The molecule has 0 atom stereocenters. The molecule has 2 rings (SSSR count). The number of benzene rings is 1. The van der Waals surface area contributed by atoms with Gasteiger partial charge in [-0.05, 0) is 23.6 Å². The predicted molar refractivity (Wildman–Crippen MR) is 64.0 cm³/mol. The van der Waals surface area contributed by atoms with Crippen molar-refractivity contribution in [3.63, 3.8) is 0 Å². The van der Waals surface area contributed by atoms with Crippen LogP contribution in [0.5, 0.6) is 0 Å². The maximum Gasteiger partial charge on any atom is 0.335 e. The molecule has 84 valence electrons. The van der Waals surface area contributed by atoms with Crippen molar-refractivity contribution in [2.45, 2.75) is 19.8 Å². The summed E-state index contributed by atoms with van der Waals surface area (Å²) < 4.78 is 1.98. The van der Waals surface area contributed by atoms with Crippen LogP contribution in [-0.2, 0) is 7.05 Å². The summed E-state index contributed by atoms with van der Waals surface area (Å²) in [7, 11) is 1.94. The monoisotopic (exact) mass is 217 g/mol. The van der Waals surface area contributed by atoms with Gasteiger partial charge in [0.15, 0.2) is 0 Å². The molecule has 0 fully saturated rings. The van der Waals surface area contributed by atoms with E-state index < -0.39 is 5.97 Å². The van der Waals surface area contributed by atoms with Gasteiger partial charge in [0, 0.05) is 24.1 Å². The molecule has 0 aliphatic carbocycles. The number of rotatable bonds is 2. The lowest BCUT2D eigenvalue weighted by Crippen LogP contribution is -1.96. The SMILES string of the molecule is CC(C)c1cn(C)c2cc(C(=O)O)ccc12. The molecular formula is C13H15NO2. The number of aryl methyl sites for hydroxylation is 1. The molecule has 2 aromatic rings. The Balaban J connectivity index is 2.71. The Morgan fingerprint density at radius 1 is 1.38 bits per heavy atom. The van der Waals surface area contributed by atoms with Crippen LogP contribution in [0.1, 0.15) is 35.7 Å². The largest absolute Gasteiger partial charge is 0.478 e. The molecule has 0 radical (unpaired) electrons. The Morgan fingerprint density at radius 2 is 2.06 bits per heavy atom. The number of carboxylic acid groups (broad SMARTS) is 1. The lowest BCUT2D eigenvalue weighted by Gasteiger charge is -2.02. The van der Waals surface area contributed by atoms with E-state index in [0.717, 1.165) is 10.9 Å². The number of carbonyl (C=O) groups is 1. The van der Waals surface area contributed by atoms with E-state index in [2.05, 4.69) is 20.0 Å². The van der Waals surface area contributed by atoms with E-state index in [9.17, 15) is 4.79 Å². The third kappa shape index (κ3) is 1.58. The average Bonchev–Trinajstić information content (AvgIpc) is 2.56. The summed E-state index contributed by atoms with van der Waals surface area (Å²) in [5, 5.41) is 10.1. The Hall–Kier alpha value is -1.77. The van der Waals surface area contributed by atoms with Crippen molar-refractivity contribution in [1.29, 1.82) is 0 Å². The van der Waals surface area contributed by atoms with Crippen molar-refractivity contribution in [2.24, 2.45) is 7.05 Å². The Labute approximate surface area is 94.3 Å². The van der Waals surface area contributed by atoms with Gasteiger partial charge in [0.1, 0.15) is 0 Å². The zero-order valence-electron chi connectivity index (χ0n) is 9.69. The Morgan fingerprint density at radius 3 is 2.62 bits per heavy atom. The van der Waals surface area contributed by atoms with Gasteiger partial charge in [-0.1, -0.05) is 19.9 Å². The first-order chi connectivity index (χ1) is 7.50. The van der Waals surface area contributed by atoms with Crippen LogP contribution in [-0.4, -0.2) is 15.6 Å². The van der Waals surface area contributed by atoms with Crippen LogP contribution in [0.3, 0.4) is 0 Å². The molecule has 0 aliphatic rings. The van der Waals surface area contributed by atoms with E-state index in [1.54, 1.807) is 12.1 Å². The minimum absolute atomic E-state index is 0.337. The number of hydrogen-bond donors (Lipinski definition) is 1. The molecule has 0 unspecified atom stereocenters. The third-order valence-electron chi connectivity index (χ3n) is 2.89. The van der Waals surface area contributed by atoms with Gasteiger partial charge in [0.25, 0.3) is 0 Å². The van der Waals surface area contributed by atoms with Gasteiger partial charge in [-0.15, -0.1) is 0 Å². The van der Waals surface area contributed by atoms with E-state index in [0.29, 0.717) is 11.5 Å². The summed E-state index contributed by atoms with van der Waals surface area (Å²) in [6, 6.07) is 5.29. The van der Waals surface area contributed by atoms with E-state index in [-0.39, 0.29) is 0 Å². The highest BCUT2D eigenvalue weighted by molar-refractivity contribution is 5.94. The minimum atomic E-state index is -0.880. The van der Waals surface area contributed by atoms with E-state index in [1.165, 1.54) is 5.56 Å². The molecule has 1 N–H and O–H groups in total. The molecule has 0 saturated heterocycles. The van der Waals surface area contributed by atoms with Gasteiger partial charge < -0.3 is 9.67 Å². The molecule has 1 aromatic heterocycles. The summed E-state index contributed by atoms with van der Waals surface area (Å²) >= 11 is 0. The second kappa shape index (κ2) is 3.67. The number of hydrogen-bond acceptors (Lipinski definition) is 1. The highest BCUT2D eigenvalue weighted by Gasteiger charge is 2.11. The fraction of sp³-hybridized carbons (Fsp3) is 0.308. The zero-order chi connectivity index (χ0) is 11.9. The fourth-order valence-electron chi connectivity index (χ4n) is 2.01. The van der Waals surface area contributed by atoms with Crippen molar-refractivity contribution in [1.82, 2.24) is 4.57 Å². The van der Waals surface area contributed by atoms with Crippen LogP contribution in [0.15, 0.2) is 24.4 Å². The summed E-state index contributed by atoms with van der Waals surface area (Å²) in [5.41, 5.74) is 2.57. The molecule has 16 heavy (non-hydrogen) atoms. The first kappa shape index (κ1) is 10.7.